The molecule has 0 unspecified atom stereocenters. The summed E-state index contributed by atoms with van der Waals surface area (Å²) < 4.78 is 5.21. The second-order valence-electron chi connectivity index (χ2n) is 2.51. The molecule has 0 fully saturated rings. The molecule has 0 amide bonds. The van der Waals surface area contributed by atoms with E-state index in [2.05, 4.69) is 5.32 Å². The lowest BCUT2D eigenvalue weighted by Gasteiger charge is -2.07. The van der Waals surface area contributed by atoms with Gasteiger partial charge < -0.3 is 9.73 Å². The predicted octanol–water partition coefficient (Wildman–Crippen LogP) is 2.68. The Kier molecular flexibility index (Phi) is 3.91. The third-order valence-corrected chi connectivity index (χ3v) is 1.78. The van der Waals surface area contributed by atoms with E-state index >= 15 is 0 Å². The van der Waals surface area contributed by atoms with Crippen LogP contribution in [-0.2, 0) is 0 Å². The molecule has 0 aliphatic heterocycles. The van der Waals surface area contributed by atoms with Crippen molar-refractivity contribution in [2.75, 3.05) is 6.54 Å². The molecule has 0 aromatic carbocycles. The maximum Gasteiger partial charge on any atom is 0.120 e. The normalized spacial score (nSPS) is 13.8. The first-order chi connectivity index (χ1) is 5.84. The van der Waals surface area contributed by atoms with E-state index in [1.165, 1.54) is 5.54 Å². The van der Waals surface area contributed by atoms with Crippen LogP contribution in [0.25, 0.3) is 0 Å². The Morgan fingerprint density at radius 1 is 1.75 bits per heavy atom. The summed E-state index contributed by atoms with van der Waals surface area (Å²) in [7, 11) is 0. The standard InChI is InChI=1S/C9H12ClNO/c1-8(11-6-3-5-10)9-4-2-7-12-9/h2-5,7-8,11H,6H2,1H3/b5-3+/t8-/m1/s1. The minimum absolute atomic E-state index is 0.230. The number of nitrogens with one attached hydrogen (secondary N) is 1. The third-order valence-electron chi connectivity index (χ3n) is 1.60. The SMILES string of the molecule is C[C@@H](NC/C=C/Cl)c1ccco1. The summed E-state index contributed by atoms with van der Waals surface area (Å²) in [5.41, 5.74) is 1.50. The van der Waals surface area contributed by atoms with Crippen molar-refractivity contribution in [3.8, 4) is 0 Å². The van der Waals surface area contributed by atoms with Gasteiger partial charge in [0.15, 0.2) is 0 Å². The van der Waals surface area contributed by atoms with E-state index in [4.69, 9.17) is 16.0 Å². The van der Waals surface area contributed by atoms with E-state index in [1.807, 2.05) is 25.1 Å². The van der Waals surface area contributed by atoms with Gasteiger partial charge in [-0.25, -0.2) is 0 Å². The van der Waals surface area contributed by atoms with E-state index in [-0.39, 0.29) is 6.04 Å². The number of rotatable bonds is 4. The molecule has 0 radical (unpaired) electrons. The van der Waals surface area contributed by atoms with Gasteiger partial charge in [-0.3, -0.25) is 0 Å². The molecule has 0 aliphatic rings. The highest BCUT2D eigenvalue weighted by Gasteiger charge is 2.04. The fourth-order valence-electron chi connectivity index (χ4n) is 0.928. The fourth-order valence-corrected chi connectivity index (χ4v) is 1.02. The molecule has 3 heteroatoms. The highest BCUT2D eigenvalue weighted by atomic mass is 35.5. The zero-order valence-corrected chi connectivity index (χ0v) is 7.71. The van der Waals surface area contributed by atoms with Gasteiger partial charge in [0.25, 0.3) is 0 Å². The molecule has 1 N–H and O–H groups in total. The van der Waals surface area contributed by atoms with Gasteiger partial charge >= 0.3 is 0 Å². The summed E-state index contributed by atoms with van der Waals surface area (Å²) in [5.74, 6) is 0.943. The lowest BCUT2D eigenvalue weighted by atomic mass is 10.2. The van der Waals surface area contributed by atoms with Crippen LogP contribution in [0.15, 0.2) is 34.4 Å². The average Bonchev–Trinajstić information content (AvgIpc) is 2.56. The molecule has 12 heavy (non-hydrogen) atoms. The van der Waals surface area contributed by atoms with E-state index < -0.39 is 0 Å². The van der Waals surface area contributed by atoms with Crippen LogP contribution in [0.3, 0.4) is 0 Å². The molecule has 1 rings (SSSR count). The van der Waals surface area contributed by atoms with Gasteiger partial charge in [0.05, 0.1) is 12.3 Å². The second kappa shape index (κ2) is 5.01. The van der Waals surface area contributed by atoms with Gasteiger partial charge in [-0.05, 0) is 19.1 Å². The zero-order chi connectivity index (χ0) is 8.81. The van der Waals surface area contributed by atoms with Crippen molar-refractivity contribution in [1.29, 1.82) is 0 Å². The van der Waals surface area contributed by atoms with E-state index in [0.29, 0.717) is 0 Å². The van der Waals surface area contributed by atoms with Crippen LogP contribution in [-0.4, -0.2) is 6.54 Å². The molecule has 66 valence electrons. The molecule has 0 saturated heterocycles. The summed E-state index contributed by atoms with van der Waals surface area (Å²) in [6, 6.07) is 4.06. The Morgan fingerprint density at radius 3 is 3.17 bits per heavy atom. The lowest BCUT2D eigenvalue weighted by molar-refractivity contribution is 0.441. The van der Waals surface area contributed by atoms with Gasteiger partial charge in [0.1, 0.15) is 5.76 Å². The Morgan fingerprint density at radius 2 is 2.58 bits per heavy atom. The van der Waals surface area contributed by atoms with E-state index in [9.17, 15) is 0 Å². The number of hydrogen-bond acceptors (Lipinski definition) is 2. The molecular weight excluding hydrogens is 174 g/mol. The summed E-state index contributed by atoms with van der Waals surface area (Å²) in [6.45, 7) is 2.80. The minimum Gasteiger partial charge on any atom is -0.468 e. The van der Waals surface area contributed by atoms with Crippen LogP contribution in [0.4, 0.5) is 0 Å². The Balaban J connectivity index is 2.34. The summed E-state index contributed by atoms with van der Waals surface area (Å²) in [5, 5.41) is 3.22. The topological polar surface area (TPSA) is 25.2 Å². The monoisotopic (exact) mass is 185 g/mol. The van der Waals surface area contributed by atoms with Gasteiger partial charge in [0, 0.05) is 12.1 Å². The summed E-state index contributed by atoms with van der Waals surface area (Å²) >= 11 is 5.37. The van der Waals surface area contributed by atoms with Crippen molar-refractivity contribution < 1.29 is 4.42 Å². The molecule has 1 heterocycles. The van der Waals surface area contributed by atoms with Crippen LogP contribution < -0.4 is 5.32 Å². The van der Waals surface area contributed by atoms with Gasteiger partial charge in [0.2, 0.25) is 0 Å². The number of furan rings is 1. The van der Waals surface area contributed by atoms with Crippen LogP contribution in [0.5, 0.6) is 0 Å². The molecule has 0 bridgehead atoms. The van der Waals surface area contributed by atoms with Gasteiger partial charge in [-0.2, -0.15) is 0 Å². The molecule has 1 aromatic heterocycles. The van der Waals surface area contributed by atoms with Crippen LogP contribution in [0.1, 0.15) is 18.7 Å². The van der Waals surface area contributed by atoms with Crippen molar-refractivity contribution in [3.63, 3.8) is 0 Å². The highest BCUT2D eigenvalue weighted by molar-refractivity contribution is 6.25. The quantitative estimate of drug-likeness (QED) is 0.781. The first kappa shape index (κ1) is 9.36. The smallest absolute Gasteiger partial charge is 0.120 e. The number of halogens is 1. The Hall–Kier alpha value is -0.730. The Bertz CT molecular complexity index is 231. The largest absolute Gasteiger partial charge is 0.468 e. The lowest BCUT2D eigenvalue weighted by Crippen LogP contribution is -2.17. The van der Waals surface area contributed by atoms with Crippen molar-refractivity contribution in [2.45, 2.75) is 13.0 Å². The second-order valence-corrected chi connectivity index (χ2v) is 2.76. The first-order valence-corrected chi connectivity index (χ1v) is 4.30. The van der Waals surface area contributed by atoms with Crippen molar-refractivity contribution in [2.24, 2.45) is 0 Å². The fraction of sp³-hybridized carbons (Fsp3) is 0.333. The van der Waals surface area contributed by atoms with E-state index in [1.54, 1.807) is 6.26 Å². The van der Waals surface area contributed by atoms with Crippen LogP contribution >= 0.6 is 11.6 Å². The molecular formula is C9H12ClNO. The Labute approximate surface area is 77.2 Å². The van der Waals surface area contributed by atoms with Gasteiger partial charge in [-0.1, -0.05) is 17.7 Å². The minimum atomic E-state index is 0.230. The third kappa shape index (κ3) is 2.72. The van der Waals surface area contributed by atoms with Crippen molar-refractivity contribution >= 4 is 11.6 Å². The molecule has 0 aliphatic carbocycles. The van der Waals surface area contributed by atoms with Gasteiger partial charge in [-0.15, -0.1) is 0 Å². The molecule has 0 spiro atoms. The molecule has 2 nitrogen and oxygen atoms in total. The summed E-state index contributed by atoms with van der Waals surface area (Å²) in [4.78, 5) is 0. The molecule has 1 aromatic rings. The summed E-state index contributed by atoms with van der Waals surface area (Å²) in [6.07, 6.45) is 3.52. The first-order valence-electron chi connectivity index (χ1n) is 3.86. The number of hydrogen-bond donors (Lipinski definition) is 1. The molecule has 1 atom stereocenters. The van der Waals surface area contributed by atoms with Crippen molar-refractivity contribution in [3.05, 3.63) is 35.8 Å². The zero-order valence-electron chi connectivity index (χ0n) is 6.96. The van der Waals surface area contributed by atoms with Crippen LogP contribution in [0, 0.1) is 0 Å². The van der Waals surface area contributed by atoms with E-state index in [0.717, 1.165) is 12.3 Å². The maximum absolute atomic E-state index is 5.37. The van der Waals surface area contributed by atoms with Crippen molar-refractivity contribution in [1.82, 2.24) is 5.32 Å². The molecule has 0 saturated carbocycles. The highest BCUT2D eigenvalue weighted by Crippen LogP contribution is 2.11. The predicted molar refractivity (Wildman–Crippen MR) is 50.1 cm³/mol. The van der Waals surface area contributed by atoms with Crippen LogP contribution in [0.2, 0.25) is 0 Å². The maximum atomic E-state index is 5.37. The average molecular weight is 186 g/mol.